The number of morpholine rings is 1. The SMILES string of the molecule is O=[N+]([O-])c1ccccc1N1CCCCC1CN1CCOCC1. The van der Waals surface area contributed by atoms with E-state index in [4.69, 9.17) is 4.74 Å². The average Bonchev–Trinajstić information content (AvgIpc) is 2.56. The van der Waals surface area contributed by atoms with E-state index in [2.05, 4.69) is 9.80 Å². The normalized spacial score (nSPS) is 23.5. The summed E-state index contributed by atoms with van der Waals surface area (Å²) in [5.41, 5.74) is 0.988. The van der Waals surface area contributed by atoms with Crippen LogP contribution >= 0.6 is 0 Å². The Bertz CT molecular complexity index is 517. The molecule has 3 rings (SSSR count). The van der Waals surface area contributed by atoms with Gasteiger partial charge in [-0.15, -0.1) is 0 Å². The molecule has 2 fully saturated rings. The Labute approximate surface area is 130 Å². The second-order valence-corrected chi connectivity index (χ2v) is 6.00. The first-order valence-corrected chi connectivity index (χ1v) is 8.06. The number of piperidine rings is 1. The van der Waals surface area contributed by atoms with Gasteiger partial charge < -0.3 is 9.64 Å². The van der Waals surface area contributed by atoms with Crippen molar-refractivity contribution in [1.82, 2.24) is 4.90 Å². The lowest BCUT2D eigenvalue weighted by Crippen LogP contribution is -2.49. The molecule has 1 atom stereocenters. The molecule has 1 unspecified atom stereocenters. The summed E-state index contributed by atoms with van der Waals surface area (Å²) in [6, 6.07) is 7.48. The molecule has 22 heavy (non-hydrogen) atoms. The smallest absolute Gasteiger partial charge is 0.292 e. The van der Waals surface area contributed by atoms with E-state index in [9.17, 15) is 10.1 Å². The number of hydrogen-bond donors (Lipinski definition) is 0. The Kier molecular flexibility index (Phi) is 4.90. The Morgan fingerprint density at radius 3 is 2.73 bits per heavy atom. The van der Waals surface area contributed by atoms with Crippen molar-refractivity contribution >= 4 is 11.4 Å². The molecule has 0 N–H and O–H groups in total. The van der Waals surface area contributed by atoms with Crippen LogP contribution in [-0.2, 0) is 4.74 Å². The van der Waals surface area contributed by atoms with E-state index in [-0.39, 0.29) is 10.6 Å². The van der Waals surface area contributed by atoms with Gasteiger partial charge >= 0.3 is 0 Å². The molecule has 0 radical (unpaired) electrons. The lowest BCUT2D eigenvalue weighted by atomic mass is 10.00. The lowest BCUT2D eigenvalue weighted by molar-refractivity contribution is -0.384. The predicted molar refractivity (Wildman–Crippen MR) is 85.3 cm³/mol. The molecule has 6 heteroatoms. The summed E-state index contributed by atoms with van der Waals surface area (Å²) in [4.78, 5) is 15.7. The minimum atomic E-state index is -0.268. The van der Waals surface area contributed by atoms with Gasteiger partial charge in [0.25, 0.3) is 5.69 Å². The van der Waals surface area contributed by atoms with Gasteiger partial charge in [-0.1, -0.05) is 12.1 Å². The minimum absolute atomic E-state index is 0.219. The number of ether oxygens (including phenoxy) is 1. The zero-order chi connectivity index (χ0) is 15.4. The first-order valence-electron chi connectivity index (χ1n) is 8.06. The highest BCUT2D eigenvalue weighted by Gasteiger charge is 2.29. The van der Waals surface area contributed by atoms with E-state index in [1.54, 1.807) is 12.1 Å². The van der Waals surface area contributed by atoms with Crippen molar-refractivity contribution in [3.05, 3.63) is 34.4 Å². The highest BCUT2D eigenvalue weighted by atomic mass is 16.6. The van der Waals surface area contributed by atoms with E-state index in [0.29, 0.717) is 6.04 Å². The van der Waals surface area contributed by atoms with Gasteiger partial charge in [-0.25, -0.2) is 0 Å². The number of para-hydroxylation sites is 2. The summed E-state index contributed by atoms with van der Waals surface area (Å²) in [5.74, 6) is 0. The van der Waals surface area contributed by atoms with Crippen LogP contribution in [0.1, 0.15) is 19.3 Å². The van der Waals surface area contributed by atoms with Crippen LogP contribution < -0.4 is 4.90 Å². The molecule has 0 saturated carbocycles. The molecule has 1 aromatic carbocycles. The van der Waals surface area contributed by atoms with Gasteiger partial charge in [-0.05, 0) is 25.3 Å². The minimum Gasteiger partial charge on any atom is -0.379 e. The summed E-state index contributed by atoms with van der Waals surface area (Å²) in [7, 11) is 0. The number of rotatable bonds is 4. The van der Waals surface area contributed by atoms with Gasteiger partial charge in [0.2, 0.25) is 0 Å². The van der Waals surface area contributed by atoms with Gasteiger partial charge in [0.15, 0.2) is 0 Å². The van der Waals surface area contributed by atoms with Crippen molar-refractivity contribution in [2.75, 3.05) is 44.3 Å². The Morgan fingerprint density at radius 2 is 1.95 bits per heavy atom. The second-order valence-electron chi connectivity index (χ2n) is 6.00. The van der Waals surface area contributed by atoms with Crippen molar-refractivity contribution in [2.45, 2.75) is 25.3 Å². The third-order valence-electron chi connectivity index (χ3n) is 4.59. The van der Waals surface area contributed by atoms with Gasteiger partial charge in [0.05, 0.1) is 18.1 Å². The first kappa shape index (κ1) is 15.2. The van der Waals surface area contributed by atoms with E-state index in [0.717, 1.165) is 57.9 Å². The zero-order valence-corrected chi connectivity index (χ0v) is 12.8. The molecule has 2 aliphatic heterocycles. The fraction of sp³-hybridized carbons (Fsp3) is 0.625. The van der Waals surface area contributed by atoms with Crippen molar-refractivity contribution in [3.8, 4) is 0 Å². The molecule has 0 aromatic heterocycles. The molecule has 0 spiro atoms. The van der Waals surface area contributed by atoms with Gasteiger partial charge in [-0.2, -0.15) is 0 Å². The molecule has 6 nitrogen and oxygen atoms in total. The maximum Gasteiger partial charge on any atom is 0.292 e. The van der Waals surface area contributed by atoms with Crippen molar-refractivity contribution < 1.29 is 9.66 Å². The van der Waals surface area contributed by atoms with Crippen LogP contribution in [0.5, 0.6) is 0 Å². The third kappa shape index (κ3) is 3.39. The molecule has 1 aromatic rings. The largest absolute Gasteiger partial charge is 0.379 e. The van der Waals surface area contributed by atoms with Gasteiger partial charge in [0, 0.05) is 38.3 Å². The van der Waals surface area contributed by atoms with E-state index >= 15 is 0 Å². The molecule has 0 amide bonds. The molecule has 2 aliphatic rings. The lowest BCUT2D eigenvalue weighted by Gasteiger charge is -2.40. The van der Waals surface area contributed by atoms with Gasteiger partial charge in [0.1, 0.15) is 5.69 Å². The van der Waals surface area contributed by atoms with Crippen LogP contribution in [0.3, 0.4) is 0 Å². The Morgan fingerprint density at radius 1 is 1.18 bits per heavy atom. The molecule has 2 heterocycles. The molecular formula is C16H23N3O3. The van der Waals surface area contributed by atoms with Crippen molar-refractivity contribution in [3.63, 3.8) is 0 Å². The second kappa shape index (κ2) is 7.07. The van der Waals surface area contributed by atoms with Crippen LogP contribution in [0, 0.1) is 10.1 Å². The number of nitro groups is 1. The van der Waals surface area contributed by atoms with E-state index in [1.807, 2.05) is 12.1 Å². The maximum absolute atomic E-state index is 11.3. The predicted octanol–water partition coefficient (Wildman–Crippen LogP) is 2.29. The average molecular weight is 305 g/mol. The highest BCUT2D eigenvalue weighted by molar-refractivity contribution is 5.63. The van der Waals surface area contributed by atoms with Crippen molar-refractivity contribution in [2.24, 2.45) is 0 Å². The summed E-state index contributed by atoms with van der Waals surface area (Å²) in [6.07, 6.45) is 3.40. The zero-order valence-electron chi connectivity index (χ0n) is 12.8. The van der Waals surface area contributed by atoms with Gasteiger partial charge in [-0.3, -0.25) is 15.0 Å². The summed E-state index contributed by atoms with van der Waals surface area (Å²) in [6.45, 7) is 5.37. The standard InChI is InChI=1S/C16H23N3O3/c20-19(21)16-7-2-1-6-15(16)18-8-4-3-5-14(18)13-17-9-11-22-12-10-17/h1-2,6-7,14H,3-5,8-13H2. The highest BCUT2D eigenvalue weighted by Crippen LogP contribution is 2.32. The number of nitrogens with zero attached hydrogens (tertiary/aromatic N) is 3. The Hall–Kier alpha value is -1.66. The monoisotopic (exact) mass is 305 g/mol. The fourth-order valence-electron chi connectivity index (χ4n) is 3.45. The van der Waals surface area contributed by atoms with Crippen LogP contribution in [0.15, 0.2) is 24.3 Å². The number of benzene rings is 1. The Balaban J connectivity index is 1.78. The molecule has 0 bridgehead atoms. The van der Waals surface area contributed by atoms with E-state index < -0.39 is 0 Å². The maximum atomic E-state index is 11.3. The van der Waals surface area contributed by atoms with Crippen LogP contribution in [0.4, 0.5) is 11.4 Å². The summed E-state index contributed by atoms with van der Waals surface area (Å²) >= 11 is 0. The number of anilines is 1. The topological polar surface area (TPSA) is 58.9 Å². The van der Waals surface area contributed by atoms with Crippen molar-refractivity contribution in [1.29, 1.82) is 0 Å². The van der Waals surface area contributed by atoms with Crippen LogP contribution in [0.25, 0.3) is 0 Å². The van der Waals surface area contributed by atoms with E-state index in [1.165, 1.54) is 6.42 Å². The molecular weight excluding hydrogens is 282 g/mol. The quantitative estimate of drug-likeness (QED) is 0.631. The summed E-state index contributed by atoms with van der Waals surface area (Å²) in [5, 5.41) is 11.3. The molecule has 2 saturated heterocycles. The fourth-order valence-corrected chi connectivity index (χ4v) is 3.45. The summed E-state index contributed by atoms with van der Waals surface area (Å²) < 4.78 is 5.41. The van der Waals surface area contributed by atoms with Crippen LogP contribution in [-0.4, -0.2) is 55.3 Å². The third-order valence-corrected chi connectivity index (χ3v) is 4.59. The van der Waals surface area contributed by atoms with Crippen LogP contribution in [0.2, 0.25) is 0 Å². The molecule has 0 aliphatic carbocycles. The first-order chi connectivity index (χ1) is 10.8. The number of nitro benzene ring substituents is 1. The number of hydrogen-bond acceptors (Lipinski definition) is 5. The molecule has 120 valence electrons.